The second kappa shape index (κ2) is 7.73. The van der Waals surface area contributed by atoms with E-state index >= 15 is 0 Å². The third-order valence-electron chi connectivity index (χ3n) is 4.60. The fraction of sp³-hybridized carbons (Fsp3) is 0.0952. The van der Waals surface area contributed by atoms with E-state index in [1.165, 1.54) is 17.0 Å². The molecular formula is C21H16Cl2N4O2. The Kier molecular flexibility index (Phi) is 5.13. The quantitative estimate of drug-likeness (QED) is 0.454. The highest BCUT2D eigenvalue weighted by molar-refractivity contribution is 6.32. The molecule has 0 aliphatic rings. The van der Waals surface area contributed by atoms with Gasteiger partial charge in [0.1, 0.15) is 0 Å². The van der Waals surface area contributed by atoms with Crippen LogP contribution < -0.4 is 11.2 Å². The van der Waals surface area contributed by atoms with Gasteiger partial charge < -0.3 is 4.57 Å². The first-order valence-corrected chi connectivity index (χ1v) is 9.58. The highest BCUT2D eigenvalue weighted by Crippen LogP contribution is 2.22. The van der Waals surface area contributed by atoms with Gasteiger partial charge in [0.05, 0.1) is 23.6 Å². The Labute approximate surface area is 175 Å². The summed E-state index contributed by atoms with van der Waals surface area (Å²) in [6.07, 6.45) is 3.03. The maximum atomic E-state index is 13.1. The Morgan fingerprint density at radius 3 is 2.38 bits per heavy atom. The van der Waals surface area contributed by atoms with Gasteiger partial charge in [-0.3, -0.25) is 9.36 Å². The SMILES string of the molecule is C=CCn1c(=O)c2c(ncn2Cc2ccccc2Cl)n(-c2ccccc2Cl)c1=O. The van der Waals surface area contributed by atoms with Crippen LogP contribution in [0.5, 0.6) is 0 Å². The number of fused-ring (bicyclic) bond motifs is 1. The lowest BCUT2D eigenvalue weighted by Gasteiger charge is -2.13. The van der Waals surface area contributed by atoms with E-state index in [2.05, 4.69) is 11.6 Å². The summed E-state index contributed by atoms with van der Waals surface area (Å²) >= 11 is 12.6. The highest BCUT2D eigenvalue weighted by atomic mass is 35.5. The standard InChI is InChI=1S/C21H16Cl2N4O2/c1-2-11-26-20(28)18-19(27(21(26)29)17-10-6-5-9-16(17)23)24-13-25(18)12-14-7-3-4-8-15(14)22/h2-10,13H,1,11-12H2. The van der Waals surface area contributed by atoms with E-state index in [9.17, 15) is 9.59 Å². The molecule has 0 N–H and O–H groups in total. The Hall–Kier alpha value is -3.09. The fourth-order valence-corrected chi connectivity index (χ4v) is 3.67. The van der Waals surface area contributed by atoms with Crippen molar-refractivity contribution in [2.75, 3.05) is 0 Å². The van der Waals surface area contributed by atoms with Crippen molar-refractivity contribution in [2.45, 2.75) is 13.1 Å². The summed E-state index contributed by atoms with van der Waals surface area (Å²) in [6, 6.07) is 14.3. The number of benzene rings is 2. The summed E-state index contributed by atoms with van der Waals surface area (Å²) < 4.78 is 4.15. The van der Waals surface area contributed by atoms with Crippen molar-refractivity contribution in [2.24, 2.45) is 0 Å². The first kappa shape index (κ1) is 19.2. The molecule has 0 saturated heterocycles. The predicted octanol–water partition coefficient (Wildman–Crippen LogP) is 3.89. The van der Waals surface area contributed by atoms with Crippen LogP contribution in [0.25, 0.3) is 16.9 Å². The number of aromatic nitrogens is 4. The molecule has 0 bridgehead atoms. The van der Waals surface area contributed by atoms with Crippen LogP contribution in [0.15, 0.2) is 77.1 Å². The predicted molar refractivity (Wildman–Crippen MR) is 115 cm³/mol. The molecule has 0 unspecified atom stereocenters. The van der Waals surface area contributed by atoms with Gasteiger partial charge in [-0.2, -0.15) is 0 Å². The molecule has 4 aromatic rings. The molecule has 2 heterocycles. The van der Waals surface area contributed by atoms with Gasteiger partial charge in [-0.05, 0) is 23.8 Å². The van der Waals surface area contributed by atoms with Crippen LogP contribution in [0.3, 0.4) is 0 Å². The molecule has 2 aromatic carbocycles. The van der Waals surface area contributed by atoms with Crippen molar-refractivity contribution in [3.05, 3.63) is 104 Å². The van der Waals surface area contributed by atoms with Gasteiger partial charge in [-0.15, -0.1) is 6.58 Å². The van der Waals surface area contributed by atoms with E-state index in [-0.39, 0.29) is 17.7 Å². The Morgan fingerprint density at radius 1 is 1.00 bits per heavy atom. The third kappa shape index (κ3) is 3.30. The molecule has 146 valence electrons. The average molecular weight is 427 g/mol. The monoisotopic (exact) mass is 426 g/mol. The molecule has 0 aliphatic carbocycles. The normalized spacial score (nSPS) is 11.1. The van der Waals surface area contributed by atoms with E-state index in [4.69, 9.17) is 23.2 Å². The zero-order valence-corrected chi connectivity index (χ0v) is 16.8. The van der Waals surface area contributed by atoms with Crippen molar-refractivity contribution in [1.29, 1.82) is 0 Å². The molecule has 8 heteroatoms. The average Bonchev–Trinajstić information content (AvgIpc) is 3.12. The number of hydrogen-bond acceptors (Lipinski definition) is 3. The topological polar surface area (TPSA) is 61.8 Å². The van der Waals surface area contributed by atoms with Crippen LogP contribution >= 0.6 is 23.2 Å². The molecule has 6 nitrogen and oxygen atoms in total. The number of nitrogens with zero attached hydrogens (tertiary/aromatic N) is 4. The van der Waals surface area contributed by atoms with Gasteiger partial charge in [-0.1, -0.05) is 59.6 Å². The third-order valence-corrected chi connectivity index (χ3v) is 5.29. The molecule has 0 fully saturated rings. The van der Waals surface area contributed by atoms with E-state index in [1.807, 2.05) is 18.2 Å². The highest BCUT2D eigenvalue weighted by Gasteiger charge is 2.20. The number of hydrogen-bond donors (Lipinski definition) is 0. The molecule has 0 saturated carbocycles. The number of rotatable bonds is 5. The second-order valence-corrected chi connectivity index (χ2v) is 7.22. The van der Waals surface area contributed by atoms with Crippen LogP contribution in [-0.2, 0) is 13.1 Å². The Morgan fingerprint density at radius 2 is 1.69 bits per heavy atom. The van der Waals surface area contributed by atoms with Crippen molar-refractivity contribution < 1.29 is 0 Å². The first-order chi connectivity index (χ1) is 14.0. The summed E-state index contributed by atoms with van der Waals surface area (Å²) in [7, 11) is 0. The van der Waals surface area contributed by atoms with E-state index in [0.29, 0.717) is 22.3 Å². The summed E-state index contributed by atoms with van der Waals surface area (Å²) in [4.78, 5) is 30.6. The summed E-state index contributed by atoms with van der Waals surface area (Å²) in [5.41, 5.74) is 0.826. The number of para-hydroxylation sites is 1. The van der Waals surface area contributed by atoms with Gasteiger partial charge in [-0.25, -0.2) is 14.3 Å². The molecule has 0 radical (unpaired) electrons. The molecule has 2 aromatic heterocycles. The van der Waals surface area contributed by atoms with E-state index in [0.717, 1.165) is 10.1 Å². The molecule has 0 amide bonds. The Bertz CT molecular complexity index is 1350. The zero-order chi connectivity index (χ0) is 20.5. The summed E-state index contributed by atoms with van der Waals surface area (Å²) in [5.74, 6) is 0. The van der Waals surface area contributed by atoms with Gasteiger partial charge in [0.2, 0.25) is 0 Å². The van der Waals surface area contributed by atoms with Crippen LogP contribution in [0.2, 0.25) is 10.0 Å². The number of halogens is 2. The van der Waals surface area contributed by atoms with Crippen LogP contribution in [-0.4, -0.2) is 18.7 Å². The van der Waals surface area contributed by atoms with Crippen molar-refractivity contribution in [3.8, 4) is 5.69 Å². The first-order valence-electron chi connectivity index (χ1n) is 8.83. The zero-order valence-electron chi connectivity index (χ0n) is 15.3. The minimum absolute atomic E-state index is 0.0648. The largest absolute Gasteiger partial charge is 0.337 e. The summed E-state index contributed by atoms with van der Waals surface area (Å²) in [5, 5.41) is 0.959. The van der Waals surface area contributed by atoms with Gasteiger partial charge in [0, 0.05) is 11.6 Å². The summed E-state index contributed by atoms with van der Waals surface area (Å²) in [6.45, 7) is 4.05. The van der Waals surface area contributed by atoms with Gasteiger partial charge in [0.25, 0.3) is 5.56 Å². The second-order valence-electron chi connectivity index (χ2n) is 6.41. The van der Waals surface area contributed by atoms with Gasteiger partial charge >= 0.3 is 5.69 Å². The van der Waals surface area contributed by atoms with Crippen molar-refractivity contribution in [3.63, 3.8) is 0 Å². The molecule has 0 aliphatic heterocycles. The minimum atomic E-state index is -0.529. The molecule has 4 rings (SSSR count). The van der Waals surface area contributed by atoms with Crippen LogP contribution in [0.1, 0.15) is 5.56 Å². The Balaban J connectivity index is 2.05. The minimum Gasteiger partial charge on any atom is -0.320 e. The lowest BCUT2D eigenvalue weighted by molar-refractivity contribution is 0.690. The molecule has 0 spiro atoms. The van der Waals surface area contributed by atoms with Crippen molar-refractivity contribution in [1.82, 2.24) is 18.7 Å². The van der Waals surface area contributed by atoms with Crippen LogP contribution in [0.4, 0.5) is 0 Å². The maximum absolute atomic E-state index is 13.1. The van der Waals surface area contributed by atoms with Gasteiger partial charge in [0.15, 0.2) is 11.2 Å². The lowest BCUT2D eigenvalue weighted by atomic mass is 10.2. The van der Waals surface area contributed by atoms with E-state index < -0.39 is 11.2 Å². The number of imidazole rings is 1. The fourth-order valence-electron chi connectivity index (χ4n) is 3.25. The molecule has 0 atom stereocenters. The number of allylic oxidation sites excluding steroid dienone is 1. The van der Waals surface area contributed by atoms with Crippen molar-refractivity contribution >= 4 is 34.4 Å². The lowest BCUT2D eigenvalue weighted by Crippen LogP contribution is -2.39. The maximum Gasteiger partial charge on any atom is 0.337 e. The molecular weight excluding hydrogens is 411 g/mol. The smallest absolute Gasteiger partial charge is 0.320 e. The molecule has 29 heavy (non-hydrogen) atoms. The van der Waals surface area contributed by atoms with Crippen LogP contribution in [0, 0.1) is 0 Å². The van der Waals surface area contributed by atoms with E-state index in [1.54, 1.807) is 34.9 Å².